The lowest BCUT2D eigenvalue weighted by molar-refractivity contribution is 0.280. The molecule has 0 bridgehead atoms. The molecule has 13 heavy (non-hydrogen) atoms. The number of benzene rings is 1. The Hall–Kier alpha value is -0.730. The Balaban J connectivity index is 2.45. The molecule has 1 aromatic carbocycles. The van der Waals surface area contributed by atoms with Crippen molar-refractivity contribution in [3.63, 3.8) is 0 Å². The molecule has 0 saturated carbocycles. The maximum absolute atomic E-state index is 5.80. The molecule has 3 heteroatoms. The highest BCUT2D eigenvalue weighted by atomic mass is 35.5. The standard InChI is InChI=1S/C10H14ClNO/c1-8(12-2)7-13-10-5-3-4-9(11)6-10/h3-6,8,12H,7H2,1-2H3/t8-/m0/s1. The molecule has 0 aliphatic carbocycles. The zero-order valence-electron chi connectivity index (χ0n) is 7.88. The molecule has 0 aliphatic heterocycles. The van der Waals surface area contributed by atoms with Crippen LogP contribution in [0.15, 0.2) is 24.3 Å². The summed E-state index contributed by atoms with van der Waals surface area (Å²) < 4.78 is 5.49. The predicted octanol–water partition coefficient (Wildman–Crippen LogP) is 2.33. The van der Waals surface area contributed by atoms with Crippen LogP contribution < -0.4 is 10.1 Å². The van der Waals surface area contributed by atoms with Gasteiger partial charge in [-0.25, -0.2) is 0 Å². The quantitative estimate of drug-likeness (QED) is 0.804. The SMILES string of the molecule is CN[C@@H](C)COc1cccc(Cl)c1. The van der Waals surface area contributed by atoms with Crippen molar-refractivity contribution in [2.75, 3.05) is 13.7 Å². The third-order valence-corrected chi connectivity index (χ3v) is 2.02. The summed E-state index contributed by atoms with van der Waals surface area (Å²) in [5.74, 6) is 0.814. The Morgan fingerprint density at radius 2 is 2.31 bits per heavy atom. The Labute approximate surface area is 83.9 Å². The molecule has 1 atom stereocenters. The van der Waals surface area contributed by atoms with Crippen LogP contribution in [0, 0.1) is 0 Å². The second-order valence-corrected chi connectivity index (χ2v) is 3.39. The normalized spacial score (nSPS) is 12.5. The fraction of sp³-hybridized carbons (Fsp3) is 0.400. The molecule has 1 N–H and O–H groups in total. The van der Waals surface area contributed by atoms with Crippen LogP contribution in [-0.2, 0) is 0 Å². The van der Waals surface area contributed by atoms with Gasteiger partial charge in [-0.15, -0.1) is 0 Å². The third kappa shape index (κ3) is 3.66. The summed E-state index contributed by atoms with van der Waals surface area (Å²) >= 11 is 5.80. The van der Waals surface area contributed by atoms with Crippen LogP contribution in [0.5, 0.6) is 5.75 Å². The van der Waals surface area contributed by atoms with E-state index >= 15 is 0 Å². The van der Waals surface area contributed by atoms with Gasteiger partial charge in [-0.2, -0.15) is 0 Å². The molecule has 0 unspecified atom stereocenters. The van der Waals surface area contributed by atoms with E-state index in [2.05, 4.69) is 12.2 Å². The molecule has 2 nitrogen and oxygen atoms in total. The molecule has 0 fully saturated rings. The third-order valence-electron chi connectivity index (χ3n) is 1.79. The Bertz CT molecular complexity index is 265. The molecular weight excluding hydrogens is 186 g/mol. The van der Waals surface area contributed by atoms with Crippen LogP contribution in [0.3, 0.4) is 0 Å². The minimum absolute atomic E-state index is 0.346. The number of nitrogens with one attached hydrogen (secondary N) is 1. The van der Waals surface area contributed by atoms with Gasteiger partial charge in [-0.05, 0) is 32.2 Å². The van der Waals surface area contributed by atoms with Gasteiger partial charge in [-0.3, -0.25) is 0 Å². The van der Waals surface area contributed by atoms with Crippen LogP contribution in [0.2, 0.25) is 5.02 Å². The molecule has 1 rings (SSSR count). The van der Waals surface area contributed by atoms with E-state index in [0.29, 0.717) is 17.7 Å². The first-order valence-corrected chi connectivity index (χ1v) is 4.66. The van der Waals surface area contributed by atoms with Gasteiger partial charge in [0.25, 0.3) is 0 Å². The van der Waals surface area contributed by atoms with Crippen molar-refractivity contribution in [1.29, 1.82) is 0 Å². The predicted molar refractivity (Wildman–Crippen MR) is 55.5 cm³/mol. The highest BCUT2D eigenvalue weighted by Gasteiger charge is 1.99. The van der Waals surface area contributed by atoms with Crippen molar-refractivity contribution in [3.05, 3.63) is 29.3 Å². The Morgan fingerprint density at radius 1 is 1.54 bits per heavy atom. The summed E-state index contributed by atoms with van der Waals surface area (Å²) in [5, 5.41) is 3.80. The van der Waals surface area contributed by atoms with E-state index in [4.69, 9.17) is 16.3 Å². The van der Waals surface area contributed by atoms with Gasteiger partial charge < -0.3 is 10.1 Å². The van der Waals surface area contributed by atoms with E-state index in [9.17, 15) is 0 Å². The monoisotopic (exact) mass is 199 g/mol. The molecule has 0 amide bonds. The summed E-state index contributed by atoms with van der Waals surface area (Å²) in [6, 6.07) is 7.76. The largest absolute Gasteiger partial charge is 0.492 e. The van der Waals surface area contributed by atoms with Crippen molar-refractivity contribution in [2.45, 2.75) is 13.0 Å². The lowest BCUT2D eigenvalue weighted by Gasteiger charge is -2.11. The number of hydrogen-bond acceptors (Lipinski definition) is 2. The van der Waals surface area contributed by atoms with E-state index in [-0.39, 0.29) is 0 Å². The lowest BCUT2D eigenvalue weighted by Crippen LogP contribution is -2.28. The number of ether oxygens (including phenoxy) is 1. The number of hydrogen-bond donors (Lipinski definition) is 1. The minimum Gasteiger partial charge on any atom is -0.492 e. The lowest BCUT2D eigenvalue weighted by atomic mass is 10.3. The van der Waals surface area contributed by atoms with Gasteiger partial charge in [0, 0.05) is 11.1 Å². The van der Waals surface area contributed by atoms with Gasteiger partial charge in [0.1, 0.15) is 12.4 Å². The smallest absolute Gasteiger partial charge is 0.120 e. The molecular formula is C10H14ClNO. The van der Waals surface area contributed by atoms with E-state index in [1.54, 1.807) is 0 Å². The number of halogens is 1. The summed E-state index contributed by atoms with van der Waals surface area (Å²) in [4.78, 5) is 0. The maximum atomic E-state index is 5.80. The fourth-order valence-corrected chi connectivity index (χ4v) is 1.04. The summed E-state index contributed by atoms with van der Waals surface area (Å²) in [5.41, 5.74) is 0. The molecule has 0 saturated heterocycles. The second-order valence-electron chi connectivity index (χ2n) is 2.96. The van der Waals surface area contributed by atoms with E-state index in [0.717, 1.165) is 5.75 Å². The highest BCUT2D eigenvalue weighted by Crippen LogP contribution is 2.16. The average molecular weight is 200 g/mol. The zero-order chi connectivity index (χ0) is 9.68. The van der Waals surface area contributed by atoms with Crippen LogP contribution in [0.25, 0.3) is 0 Å². The zero-order valence-corrected chi connectivity index (χ0v) is 8.64. The van der Waals surface area contributed by atoms with Crippen molar-refractivity contribution in [1.82, 2.24) is 5.32 Å². The topological polar surface area (TPSA) is 21.3 Å². The van der Waals surface area contributed by atoms with Gasteiger partial charge in [0.2, 0.25) is 0 Å². The molecule has 0 heterocycles. The summed E-state index contributed by atoms with van der Waals surface area (Å²) in [7, 11) is 1.91. The molecule has 0 aromatic heterocycles. The van der Waals surface area contributed by atoms with Crippen LogP contribution in [0.4, 0.5) is 0 Å². The number of likely N-dealkylation sites (N-methyl/N-ethyl adjacent to an activating group) is 1. The Kier molecular flexibility index (Phi) is 4.06. The average Bonchev–Trinajstić information content (AvgIpc) is 2.14. The molecule has 0 radical (unpaired) electrons. The minimum atomic E-state index is 0.346. The van der Waals surface area contributed by atoms with E-state index < -0.39 is 0 Å². The van der Waals surface area contributed by atoms with Crippen LogP contribution >= 0.6 is 11.6 Å². The van der Waals surface area contributed by atoms with Gasteiger partial charge in [0.15, 0.2) is 0 Å². The van der Waals surface area contributed by atoms with E-state index in [1.807, 2.05) is 31.3 Å². The molecule has 1 aromatic rings. The first kappa shape index (κ1) is 10.4. The highest BCUT2D eigenvalue weighted by molar-refractivity contribution is 6.30. The summed E-state index contributed by atoms with van der Waals surface area (Å²) in [6.45, 7) is 2.71. The van der Waals surface area contributed by atoms with Crippen molar-refractivity contribution in [2.24, 2.45) is 0 Å². The van der Waals surface area contributed by atoms with Crippen LogP contribution in [0.1, 0.15) is 6.92 Å². The second kappa shape index (κ2) is 5.10. The first-order valence-electron chi connectivity index (χ1n) is 4.28. The fourth-order valence-electron chi connectivity index (χ4n) is 0.861. The van der Waals surface area contributed by atoms with Crippen molar-refractivity contribution in [3.8, 4) is 5.75 Å². The first-order chi connectivity index (χ1) is 6.22. The van der Waals surface area contributed by atoms with Gasteiger partial charge in [-0.1, -0.05) is 17.7 Å². The van der Waals surface area contributed by atoms with Gasteiger partial charge >= 0.3 is 0 Å². The maximum Gasteiger partial charge on any atom is 0.120 e. The van der Waals surface area contributed by atoms with Gasteiger partial charge in [0.05, 0.1) is 0 Å². The molecule has 0 spiro atoms. The molecule has 72 valence electrons. The summed E-state index contributed by atoms with van der Waals surface area (Å²) in [6.07, 6.45) is 0. The van der Waals surface area contributed by atoms with Crippen LogP contribution in [-0.4, -0.2) is 19.7 Å². The van der Waals surface area contributed by atoms with Crippen molar-refractivity contribution < 1.29 is 4.74 Å². The van der Waals surface area contributed by atoms with Crippen molar-refractivity contribution >= 4 is 11.6 Å². The Morgan fingerprint density at radius 3 is 2.92 bits per heavy atom. The number of rotatable bonds is 4. The molecule has 0 aliphatic rings. The van der Waals surface area contributed by atoms with E-state index in [1.165, 1.54) is 0 Å².